The molecule has 1 aliphatic heterocycles. The first kappa shape index (κ1) is 14.6. The number of hydrogen-bond donors (Lipinski definition) is 2. The standard InChI is InChI=1S/C14H26N2O3/c1-10(12-6-7-19-9-12)15-14(18)16(2)8-11-4-3-5-13(11)17/h10-13,17H,3-9H2,1-2H3,(H,15,18). The zero-order chi connectivity index (χ0) is 13.8. The highest BCUT2D eigenvalue weighted by Crippen LogP contribution is 2.26. The van der Waals surface area contributed by atoms with Crippen LogP contribution in [0.1, 0.15) is 32.6 Å². The van der Waals surface area contributed by atoms with Gasteiger partial charge in [-0.2, -0.15) is 0 Å². The number of hydrogen-bond acceptors (Lipinski definition) is 3. The van der Waals surface area contributed by atoms with Gasteiger partial charge in [-0.3, -0.25) is 0 Å². The normalized spacial score (nSPS) is 32.3. The van der Waals surface area contributed by atoms with Crippen molar-refractivity contribution in [2.24, 2.45) is 11.8 Å². The van der Waals surface area contributed by atoms with Crippen LogP contribution in [0.5, 0.6) is 0 Å². The summed E-state index contributed by atoms with van der Waals surface area (Å²) in [6.07, 6.45) is 3.74. The molecule has 110 valence electrons. The molecular formula is C14H26N2O3. The van der Waals surface area contributed by atoms with Crippen LogP contribution in [0.25, 0.3) is 0 Å². The van der Waals surface area contributed by atoms with Gasteiger partial charge in [-0.1, -0.05) is 6.42 Å². The molecule has 0 aromatic carbocycles. The Morgan fingerprint density at radius 3 is 2.84 bits per heavy atom. The smallest absolute Gasteiger partial charge is 0.317 e. The van der Waals surface area contributed by atoms with Crippen LogP contribution in [0, 0.1) is 11.8 Å². The van der Waals surface area contributed by atoms with Crippen LogP contribution in [-0.4, -0.2) is 55.0 Å². The van der Waals surface area contributed by atoms with Gasteiger partial charge in [-0.25, -0.2) is 4.79 Å². The van der Waals surface area contributed by atoms with Crippen LogP contribution in [0.3, 0.4) is 0 Å². The summed E-state index contributed by atoms with van der Waals surface area (Å²) < 4.78 is 5.34. The Labute approximate surface area is 115 Å². The summed E-state index contributed by atoms with van der Waals surface area (Å²) in [6, 6.07) is 0.101. The van der Waals surface area contributed by atoms with Crippen molar-refractivity contribution in [1.29, 1.82) is 0 Å². The van der Waals surface area contributed by atoms with E-state index in [0.29, 0.717) is 12.5 Å². The van der Waals surface area contributed by atoms with Crippen molar-refractivity contribution in [1.82, 2.24) is 10.2 Å². The van der Waals surface area contributed by atoms with E-state index in [9.17, 15) is 9.90 Å². The molecule has 2 amide bonds. The van der Waals surface area contributed by atoms with Gasteiger partial charge in [0.2, 0.25) is 0 Å². The predicted molar refractivity (Wildman–Crippen MR) is 72.9 cm³/mol. The summed E-state index contributed by atoms with van der Waals surface area (Å²) in [5, 5.41) is 12.8. The molecule has 2 rings (SSSR count). The molecule has 0 aromatic rings. The number of amides is 2. The van der Waals surface area contributed by atoms with Gasteiger partial charge in [0.1, 0.15) is 0 Å². The van der Waals surface area contributed by atoms with Crippen molar-refractivity contribution in [2.45, 2.75) is 44.8 Å². The van der Waals surface area contributed by atoms with Crippen LogP contribution in [-0.2, 0) is 4.74 Å². The Bertz CT molecular complexity index is 305. The average molecular weight is 270 g/mol. The quantitative estimate of drug-likeness (QED) is 0.807. The van der Waals surface area contributed by atoms with Gasteiger partial charge in [0.25, 0.3) is 0 Å². The van der Waals surface area contributed by atoms with E-state index in [4.69, 9.17) is 4.74 Å². The fourth-order valence-electron chi connectivity index (χ4n) is 3.03. The number of nitrogens with one attached hydrogen (secondary N) is 1. The molecule has 4 unspecified atom stereocenters. The molecule has 2 fully saturated rings. The van der Waals surface area contributed by atoms with Crippen LogP contribution in [0.2, 0.25) is 0 Å². The minimum atomic E-state index is -0.240. The topological polar surface area (TPSA) is 61.8 Å². The van der Waals surface area contributed by atoms with Gasteiger partial charge in [0.05, 0.1) is 12.7 Å². The third-order valence-electron chi connectivity index (χ3n) is 4.50. The molecule has 5 nitrogen and oxygen atoms in total. The summed E-state index contributed by atoms with van der Waals surface area (Å²) in [5.41, 5.74) is 0. The average Bonchev–Trinajstić information content (AvgIpc) is 3.01. The molecule has 1 heterocycles. The SMILES string of the molecule is CC(NC(=O)N(C)CC1CCCC1O)C1CCOC1. The maximum absolute atomic E-state index is 12.1. The fraction of sp³-hybridized carbons (Fsp3) is 0.929. The molecular weight excluding hydrogens is 244 g/mol. The summed E-state index contributed by atoms with van der Waals surface area (Å²) in [6.45, 7) is 4.22. The molecule has 2 aliphatic rings. The van der Waals surface area contributed by atoms with Gasteiger partial charge < -0.3 is 20.1 Å². The van der Waals surface area contributed by atoms with Crippen molar-refractivity contribution < 1.29 is 14.6 Å². The minimum Gasteiger partial charge on any atom is -0.393 e. The van der Waals surface area contributed by atoms with Crippen LogP contribution >= 0.6 is 0 Å². The minimum absolute atomic E-state index is 0.0431. The van der Waals surface area contributed by atoms with Crippen molar-refractivity contribution in [3.05, 3.63) is 0 Å². The highest BCUT2D eigenvalue weighted by molar-refractivity contribution is 5.74. The van der Waals surface area contributed by atoms with Crippen LogP contribution in [0.4, 0.5) is 4.79 Å². The van der Waals surface area contributed by atoms with E-state index in [2.05, 4.69) is 5.32 Å². The largest absolute Gasteiger partial charge is 0.393 e. The summed E-state index contributed by atoms with van der Waals surface area (Å²) in [5.74, 6) is 0.662. The van der Waals surface area contributed by atoms with E-state index >= 15 is 0 Å². The highest BCUT2D eigenvalue weighted by Gasteiger charge is 2.29. The first-order valence-corrected chi connectivity index (χ1v) is 7.35. The van der Waals surface area contributed by atoms with Crippen molar-refractivity contribution in [3.8, 4) is 0 Å². The summed E-state index contributed by atoms with van der Waals surface area (Å²) >= 11 is 0. The second-order valence-electron chi connectivity index (χ2n) is 6.00. The number of rotatable bonds is 4. The molecule has 1 saturated heterocycles. The van der Waals surface area contributed by atoms with Gasteiger partial charge in [-0.15, -0.1) is 0 Å². The number of aliphatic hydroxyl groups excluding tert-OH is 1. The fourth-order valence-corrected chi connectivity index (χ4v) is 3.03. The first-order chi connectivity index (χ1) is 9.08. The van der Waals surface area contributed by atoms with E-state index in [-0.39, 0.29) is 24.1 Å². The summed E-state index contributed by atoms with van der Waals surface area (Å²) in [4.78, 5) is 13.8. The molecule has 19 heavy (non-hydrogen) atoms. The molecule has 2 N–H and O–H groups in total. The van der Waals surface area contributed by atoms with E-state index in [1.54, 1.807) is 11.9 Å². The zero-order valence-electron chi connectivity index (χ0n) is 12.0. The highest BCUT2D eigenvalue weighted by atomic mass is 16.5. The molecule has 4 atom stereocenters. The maximum atomic E-state index is 12.1. The third-order valence-corrected chi connectivity index (χ3v) is 4.50. The molecule has 0 radical (unpaired) electrons. The lowest BCUT2D eigenvalue weighted by atomic mass is 10.0. The third kappa shape index (κ3) is 3.83. The molecule has 1 aliphatic carbocycles. The summed E-state index contributed by atoms with van der Waals surface area (Å²) in [7, 11) is 1.80. The van der Waals surface area contributed by atoms with Gasteiger partial charge in [-0.05, 0) is 26.2 Å². The number of ether oxygens (including phenoxy) is 1. The van der Waals surface area contributed by atoms with E-state index < -0.39 is 0 Å². The second-order valence-corrected chi connectivity index (χ2v) is 6.00. The second kappa shape index (κ2) is 6.57. The van der Waals surface area contributed by atoms with Gasteiger partial charge in [0, 0.05) is 38.1 Å². The lowest BCUT2D eigenvalue weighted by Crippen LogP contribution is -2.46. The first-order valence-electron chi connectivity index (χ1n) is 7.35. The molecule has 1 saturated carbocycles. The molecule has 0 spiro atoms. The Morgan fingerprint density at radius 2 is 2.26 bits per heavy atom. The molecule has 0 bridgehead atoms. The number of carbonyl (C=O) groups excluding carboxylic acids is 1. The van der Waals surface area contributed by atoms with Crippen molar-refractivity contribution in [3.63, 3.8) is 0 Å². The Kier molecular flexibility index (Phi) is 5.05. The number of urea groups is 1. The van der Waals surface area contributed by atoms with Crippen molar-refractivity contribution in [2.75, 3.05) is 26.8 Å². The zero-order valence-corrected chi connectivity index (χ0v) is 12.0. The molecule has 0 aromatic heterocycles. The predicted octanol–water partition coefficient (Wildman–Crippen LogP) is 1.21. The van der Waals surface area contributed by atoms with E-state index in [1.807, 2.05) is 6.92 Å². The number of aliphatic hydroxyl groups is 1. The van der Waals surface area contributed by atoms with Gasteiger partial charge in [0.15, 0.2) is 0 Å². The van der Waals surface area contributed by atoms with Crippen LogP contribution in [0.15, 0.2) is 0 Å². The Hall–Kier alpha value is -0.810. The van der Waals surface area contributed by atoms with E-state index in [0.717, 1.165) is 38.9 Å². The molecule has 5 heteroatoms. The monoisotopic (exact) mass is 270 g/mol. The maximum Gasteiger partial charge on any atom is 0.317 e. The lowest BCUT2D eigenvalue weighted by Gasteiger charge is -2.27. The van der Waals surface area contributed by atoms with Crippen LogP contribution < -0.4 is 5.32 Å². The Morgan fingerprint density at radius 1 is 1.47 bits per heavy atom. The Balaban J connectivity index is 1.75. The lowest BCUT2D eigenvalue weighted by molar-refractivity contribution is 0.112. The number of carbonyl (C=O) groups is 1. The number of nitrogens with zero attached hydrogens (tertiary/aromatic N) is 1. The van der Waals surface area contributed by atoms with E-state index in [1.165, 1.54) is 0 Å². The van der Waals surface area contributed by atoms with Crippen molar-refractivity contribution >= 4 is 6.03 Å². The van der Waals surface area contributed by atoms with Gasteiger partial charge >= 0.3 is 6.03 Å².